The average molecular weight is 331 g/mol. The smallest absolute Gasteiger partial charge is 0.161 e. The first-order chi connectivity index (χ1) is 10.1. The standard InChI is InChI=1S/C15H10Cl2F2O2/c16-9-6-11(19)10(18)5-8(9)15(17)14-7-20-12-3-1-2-4-13(12)21-14/h1-6,14-15H,7H2. The van der Waals surface area contributed by atoms with Gasteiger partial charge in [0.1, 0.15) is 12.0 Å². The summed E-state index contributed by atoms with van der Waals surface area (Å²) in [5.41, 5.74) is 0.269. The first-order valence-corrected chi connectivity index (χ1v) is 7.04. The second kappa shape index (κ2) is 5.70. The van der Waals surface area contributed by atoms with Gasteiger partial charge in [0.05, 0.1) is 0 Å². The highest BCUT2D eigenvalue weighted by Crippen LogP contribution is 2.39. The van der Waals surface area contributed by atoms with Crippen molar-refractivity contribution < 1.29 is 18.3 Å². The van der Waals surface area contributed by atoms with Crippen molar-refractivity contribution in [2.24, 2.45) is 0 Å². The Morgan fingerprint density at radius 3 is 2.52 bits per heavy atom. The van der Waals surface area contributed by atoms with Gasteiger partial charge in [-0.2, -0.15) is 0 Å². The Morgan fingerprint density at radius 1 is 1.10 bits per heavy atom. The molecule has 2 atom stereocenters. The number of rotatable bonds is 2. The predicted octanol–water partition coefficient (Wildman–Crippen LogP) is 4.74. The fourth-order valence-corrected chi connectivity index (χ4v) is 2.76. The van der Waals surface area contributed by atoms with Gasteiger partial charge in [-0.15, -0.1) is 11.6 Å². The topological polar surface area (TPSA) is 18.5 Å². The highest BCUT2D eigenvalue weighted by Gasteiger charge is 2.30. The van der Waals surface area contributed by atoms with Gasteiger partial charge in [-0.25, -0.2) is 8.78 Å². The monoisotopic (exact) mass is 330 g/mol. The summed E-state index contributed by atoms with van der Waals surface area (Å²) in [7, 11) is 0. The number of benzene rings is 2. The molecule has 1 aliphatic rings. The van der Waals surface area contributed by atoms with E-state index >= 15 is 0 Å². The normalized spacial score (nSPS) is 18.4. The van der Waals surface area contributed by atoms with Crippen LogP contribution in [0.25, 0.3) is 0 Å². The van der Waals surface area contributed by atoms with Crippen LogP contribution in [0.15, 0.2) is 36.4 Å². The summed E-state index contributed by atoms with van der Waals surface area (Å²) in [6.45, 7) is 0.195. The fourth-order valence-electron chi connectivity index (χ4n) is 2.13. The van der Waals surface area contributed by atoms with Crippen LogP contribution in [0.1, 0.15) is 10.9 Å². The molecular weight excluding hydrogens is 321 g/mol. The minimum Gasteiger partial charge on any atom is -0.486 e. The van der Waals surface area contributed by atoms with E-state index in [4.69, 9.17) is 32.7 Å². The molecule has 6 heteroatoms. The highest BCUT2D eigenvalue weighted by molar-refractivity contribution is 6.32. The van der Waals surface area contributed by atoms with E-state index in [0.717, 1.165) is 12.1 Å². The summed E-state index contributed by atoms with van der Waals surface area (Å²) in [5.74, 6) is -0.844. The van der Waals surface area contributed by atoms with Gasteiger partial charge < -0.3 is 9.47 Å². The van der Waals surface area contributed by atoms with Crippen LogP contribution in [0.2, 0.25) is 5.02 Å². The Bertz CT molecular complexity index is 679. The summed E-state index contributed by atoms with van der Waals surface area (Å²) < 4.78 is 37.8. The molecule has 0 saturated carbocycles. The summed E-state index contributed by atoms with van der Waals surface area (Å²) >= 11 is 12.2. The second-order valence-electron chi connectivity index (χ2n) is 4.60. The molecule has 1 heterocycles. The Morgan fingerprint density at radius 2 is 1.76 bits per heavy atom. The van der Waals surface area contributed by atoms with Crippen molar-refractivity contribution >= 4 is 23.2 Å². The van der Waals surface area contributed by atoms with Crippen LogP contribution in [-0.2, 0) is 0 Å². The van der Waals surface area contributed by atoms with Crippen molar-refractivity contribution in [3.05, 3.63) is 58.6 Å². The average Bonchev–Trinajstić information content (AvgIpc) is 2.50. The largest absolute Gasteiger partial charge is 0.486 e. The number of hydrogen-bond acceptors (Lipinski definition) is 2. The third-order valence-electron chi connectivity index (χ3n) is 3.19. The van der Waals surface area contributed by atoms with E-state index in [0.29, 0.717) is 11.5 Å². The lowest BCUT2D eigenvalue weighted by Gasteiger charge is -2.29. The number of halogens is 4. The minimum absolute atomic E-state index is 0.0522. The zero-order valence-corrected chi connectivity index (χ0v) is 12.2. The van der Waals surface area contributed by atoms with Gasteiger partial charge in [0.15, 0.2) is 29.2 Å². The number of alkyl halides is 1. The van der Waals surface area contributed by atoms with Crippen molar-refractivity contribution in [1.82, 2.24) is 0 Å². The van der Waals surface area contributed by atoms with E-state index < -0.39 is 23.1 Å². The Labute approximate surface area is 130 Å². The zero-order valence-electron chi connectivity index (χ0n) is 10.7. The first kappa shape index (κ1) is 14.4. The van der Waals surface area contributed by atoms with E-state index in [1.165, 1.54) is 0 Å². The second-order valence-corrected chi connectivity index (χ2v) is 5.48. The van der Waals surface area contributed by atoms with E-state index in [9.17, 15) is 8.78 Å². The van der Waals surface area contributed by atoms with Crippen LogP contribution in [-0.4, -0.2) is 12.7 Å². The Balaban J connectivity index is 1.87. The van der Waals surface area contributed by atoms with E-state index in [1.54, 1.807) is 18.2 Å². The zero-order chi connectivity index (χ0) is 15.0. The maximum Gasteiger partial charge on any atom is 0.161 e. The van der Waals surface area contributed by atoms with Gasteiger partial charge in [-0.3, -0.25) is 0 Å². The lowest BCUT2D eigenvalue weighted by molar-refractivity contribution is 0.0877. The number of fused-ring (bicyclic) bond motifs is 1. The van der Waals surface area contributed by atoms with Crippen molar-refractivity contribution in [3.8, 4) is 11.5 Å². The highest BCUT2D eigenvalue weighted by atomic mass is 35.5. The number of hydrogen-bond donors (Lipinski definition) is 0. The van der Waals surface area contributed by atoms with Crippen molar-refractivity contribution in [3.63, 3.8) is 0 Å². The number of para-hydroxylation sites is 2. The molecule has 0 bridgehead atoms. The molecule has 1 aliphatic heterocycles. The van der Waals surface area contributed by atoms with E-state index in [1.807, 2.05) is 6.07 Å². The molecule has 0 N–H and O–H groups in total. The molecule has 2 aromatic carbocycles. The maximum absolute atomic E-state index is 13.4. The first-order valence-electron chi connectivity index (χ1n) is 6.23. The Hall–Kier alpha value is -1.52. The lowest BCUT2D eigenvalue weighted by atomic mass is 10.1. The summed E-state index contributed by atoms with van der Waals surface area (Å²) in [6.07, 6.45) is -0.552. The van der Waals surface area contributed by atoms with Gasteiger partial charge in [-0.05, 0) is 29.8 Å². The van der Waals surface area contributed by atoms with Gasteiger partial charge in [0, 0.05) is 5.02 Å². The SMILES string of the molecule is Fc1cc(Cl)c(C(Cl)C2COc3ccccc3O2)cc1F. The molecule has 2 unspecified atom stereocenters. The summed E-state index contributed by atoms with van der Waals surface area (Å²) in [5, 5.41) is -0.711. The third-order valence-corrected chi connectivity index (χ3v) is 4.04. The van der Waals surface area contributed by atoms with Crippen LogP contribution in [0.5, 0.6) is 11.5 Å². The van der Waals surface area contributed by atoms with Crippen molar-refractivity contribution in [2.45, 2.75) is 11.5 Å². The molecule has 0 fully saturated rings. The molecule has 0 saturated heterocycles. The van der Waals surface area contributed by atoms with Crippen LogP contribution in [0.4, 0.5) is 8.78 Å². The molecule has 0 radical (unpaired) electrons. The molecule has 21 heavy (non-hydrogen) atoms. The van der Waals surface area contributed by atoms with Gasteiger partial charge in [0.25, 0.3) is 0 Å². The molecular formula is C15H10Cl2F2O2. The molecule has 110 valence electrons. The van der Waals surface area contributed by atoms with Crippen LogP contribution in [0, 0.1) is 11.6 Å². The van der Waals surface area contributed by atoms with Gasteiger partial charge >= 0.3 is 0 Å². The van der Waals surface area contributed by atoms with Crippen molar-refractivity contribution in [2.75, 3.05) is 6.61 Å². The molecule has 2 aromatic rings. The predicted molar refractivity (Wildman–Crippen MR) is 76.3 cm³/mol. The molecule has 0 spiro atoms. The molecule has 0 aromatic heterocycles. The van der Waals surface area contributed by atoms with E-state index in [2.05, 4.69) is 0 Å². The van der Waals surface area contributed by atoms with Crippen LogP contribution >= 0.6 is 23.2 Å². The minimum atomic E-state index is -1.02. The van der Waals surface area contributed by atoms with Crippen LogP contribution in [0.3, 0.4) is 0 Å². The molecule has 3 rings (SSSR count). The van der Waals surface area contributed by atoms with Gasteiger partial charge in [-0.1, -0.05) is 23.7 Å². The molecule has 0 amide bonds. The van der Waals surface area contributed by atoms with Gasteiger partial charge in [0.2, 0.25) is 0 Å². The maximum atomic E-state index is 13.4. The third kappa shape index (κ3) is 2.78. The fraction of sp³-hybridized carbons (Fsp3) is 0.200. The quantitative estimate of drug-likeness (QED) is 0.585. The Kier molecular flexibility index (Phi) is 3.91. The molecule has 2 nitrogen and oxygen atoms in total. The number of ether oxygens (including phenoxy) is 2. The summed E-state index contributed by atoms with van der Waals surface area (Å²) in [6, 6.07) is 9.04. The summed E-state index contributed by atoms with van der Waals surface area (Å²) in [4.78, 5) is 0. The molecule has 0 aliphatic carbocycles. The van der Waals surface area contributed by atoms with Crippen molar-refractivity contribution in [1.29, 1.82) is 0 Å². The van der Waals surface area contributed by atoms with E-state index in [-0.39, 0.29) is 17.2 Å². The lowest BCUT2D eigenvalue weighted by Crippen LogP contribution is -2.33. The van der Waals surface area contributed by atoms with Crippen LogP contribution < -0.4 is 9.47 Å².